The van der Waals surface area contributed by atoms with E-state index in [0.29, 0.717) is 0 Å². The molecule has 0 unspecified atom stereocenters. The fourth-order valence-electron chi connectivity index (χ4n) is 1.05. The van der Waals surface area contributed by atoms with Crippen molar-refractivity contribution in [1.82, 2.24) is 5.43 Å². The Bertz CT molecular complexity index is 231. The van der Waals surface area contributed by atoms with Gasteiger partial charge >= 0.3 is 109 Å². The Morgan fingerprint density at radius 1 is 0.857 bits per heavy atom. The van der Waals surface area contributed by atoms with Crippen molar-refractivity contribution in [3.05, 3.63) is 20.9 Å². The maximum atomic E-state index is 8.00. The summed E-state index contributed by atoms with van der Waals surface area (Å²) in [5.74, 6) is 12.6. The van der Waals surface area contributed by atoms with E-state index in [0.717, 1.165) is 19.9 Å². The first kappa shape index (κ1) is 28.8. The maximum Gasteiger partial charge on any atom is -0.274 e. The molecule has 0 rings (SSSR count). The van der Waals surface area contributed by atoms with E-state index in [1.54, 1.807) is 7.05 Å². The number of nitrogens with two attached hydrogens (primary N) is 3. The minimum absolute atomic E-state index is 1.13. The number of hydrogen-bond donors (Lipinski definition) is 4. The fourth-order valence-corrected chi connectivity index (χ4v) is 5.46. The molecule has 0 aromatic heterocycles. The van der Waals surface area contributed by atoms with Gasteiger partial charge in [-0.3, -0.25) is 23.0 Å². The Balaban J connectivity index is -0.000000105. The first-order chi connectivity index (χ1) is 10.1. The molecule has 0 fully saturated rings. The van der Waals surface area contributed by atoms with Gasteiger partial charge in [0.25, 0.3) is 0 Å². The molecule has 122 valence electrons. The molecule has 12 heteroatoms. The van der Waals surface area contributed by atoms with Crippen LogP contribution in [0.5, 0.6) is 0 Å². The van der Waals surface area contributed by atoms with Crippen molar-refractivity contribution < 1.29 is 0 Å². The van der Waals surface area contributed by atoms with Crippen LogP contribution in [-0.4, -0.2) is 40.0 Å². The molecule has 0 saturated carbocycles. The van der Waals surface area contributed by atoms with Crippen molar-refractivity contribution in [3.63, 3.8) is 0 Å². The van der Waals surface area contributed by atoms with Gasteiger partial charge in [-0.25, -0.2) is 0 Å². The van der Waals surface area contributed by atoms with Crippen LogP contribution in [-0.2, 0) is 0 Å². The molecular weight excluding hydrogens is 388 g/mol. The molecular formula is C9H30Ga2N10. The number of rotatable bonds is 6. The van der Waals surface area contributed by atoms with E-state index in [9.17, 15) is 0 Å². The molecule has 0 heterocycles. The van der Waals surface area contributed by atoms with Gasteiger partial charge in [0.15, 0.2) is 0 Å². The van der Waals surface area contributed by atoms with E-state index < -0.39 is 32.9 Å². The molecule has 21 heavy (non-hydrogen) atoms. The topological polar surface area (TPSA) is 188 Å². The summed E-state index contributed by atoms with van der Waals surface area (Å²) in [6.07, 6.45) is 0. The van der Waals surface area contributed by atoms with E-state index in [4.69, 9.17) is 11.1 Å². The van der Waals surface area contributed by atoms with E-state index in [2.05, 4.69) is 68.1 Å². The second kappa shape index (κ2) is 31.9. The van der Waals surface area contributed by atoms with Crippen LogP contribution >= 0.6 is 0 Å². The van der Waals surface area contributed by atoms with Crippen LogP contribution in [0.1, 0.15) is 27.7 Å². The van der Waals surface area contributed by atoms with Gasteiger partial charge in [0, 0.05) is 0 Å². The van der Waals surface area contributed by atoms with E-state index in [-0.39, 0.29) is 0 Å². The second-order valence-corrected chi connectivity index (χ2v) is 16.9. The van der Waals surface area contributed by atoms with Crippen LogP contribution in [0.3, 0.4) is 0 Å². The minimum atomic E-state index is -1.40. The average Bonchev–Trinajstić information content (AvgIpc) is 2.53. The van der Waals surface area contributed by atoms with Crippen molar-refractivity contribution in [1.29, 1.82) is 0 Å². The van der Waals surface area contributed by atoms with Gasteiger partial charge in [0.1, 0.15) is 0 Å². The molecule has 0 aliphatic heterocycles. The Kier molecular flexibility index (Phi) is 43.8. The van der Waals surface area contributed by atoms with Gasteiger partial charge < -0.3 is 0 Å². The largest absolute Gasteiger partial charge is 0.274 e. The third-order valence-corrected chi connectivity index (χ3v) is 12.0. The van der Waals surface area contributed by atoms with E-state index in [1.165, 1.54) is 0 Å². The normalized spacial score (nSPS) is 7.05. The van der Waals surface area contributed by atoms with Crippen molar-refractivity contribution in [2.24, 2.45) is 25.2 Å². The molecule has 10 nitrogen and oxygen atoms in total. The molecule has 0 saturated heterocycles. The zero-order chi connectivity index (χ0) is 17.5. The smallest absolute Gasteiger partial charge is 0.274 e. The summed E-state index contributed by atoms with van der Waals surface area (Å²) in [4.78, 5) is 10.1. The van der Waals surface area contributed by atoms with Crippen molar-refractivity contribution in [2.75, 3.05) is 7.05 Å². The summed E-state index contributed by atoms with van der Waals surface area (Å²) in [6.45, 7) is 8.40. The van der Waals surface area contributed by atoms with Crippen LogP contribution < -0.4 is 23.0 Å². The monoisotopic (exact) mass is 416 g/mol. The van der Waals surface area contributed by atoms with Crippen LogP contribution in [0.25, 0.3) is 20.9 Å². The van der Waals surface area contributed by atoms with Gasteiger partial charge in [-0.05, 0) is 7.05 Å². The second-order valence-electron chi connectivity index (χ2n) is 3.64. The molecule has 0 amide bonds. The molecule has 0 bridgehead atoms. The van der Waals surface area contributed by atoms with Gasteiger partial charge in [-0.1, -0.05) is 0 Å². The standard InChI is InChI=1S/4C2H5.CH6N2.2Ga.2N3.H4N2/c4*1-2;1-3-2;;;2*1-3-2;1-2/h4*1H2,2H3;3H,2H2,1H3;;;;;1-2H2/q;;;;;2*+1;2*-1;. The number of nitrogens with zero attached hydrogens (tertiary/aromatic N) is 6. The Hall–Kier alpha value is -0.267. The molecule has 0 aromatic carbocycles. The number of azide groups is 2. The zero-order valence-corrected chi connectivity index (χ0v) is 18.7. The molecule has 0 aliphatic rings. The first-order valence-electron chi connectivity index (χ1n) is 6.90. The Morgan fingerprint density at radius 2 is 1.05 bits per heavy atom. The predicted molar refractivity (Wildman–Crippen MR) is 93.3 cm³/mol. The van der Waals surface area contributed by atoms with E-state index >= 15 is 0 Å². The first-order valence-corrected chi connectivity index (χ1v) is 15.9. The summed E-state index contributed by atoms with van der Waals surface area (Å²) in [6, 6.07) is 0. The molecule has 0 atom stereocenters. The molecule has 0 spiro atoms. The van der Waals surface area contributed by atoms with Gasteiger partial charge in [0.2, 0.25) is 0 Å². The third kappa shape index (κ3) is 32.9. The van der Waals surface area contributed by atoms with Gasteiger partial charge in [0.05, 0.1) is 0 Å². The predicted octanol–water partition coefficient (Wildman–Crippen LogP) is 2.55. The quantitative estimate of drug-likeness (QED) is 0.129. The average molecular weight is 418 g/mol. The molecule has 0 aliphatic carbocycles. The third-order valence-electron chi connectivity index (χ3n) is 2.31. The Morgan fingerprint density at radius 3 is 1.10 bits per heavy atom. The van der Waals surface area contributed by atoms with E-state index in [1.807, 2.05) is 0 Å². The number of nitrogens with one attached hydrogen (secondary N) is 1. The van der Waals surface area contributed by atoms with Gasteiger partial charge in [-0.2, -0.15) is 0 Å². The fraction of sp³-hybridized carbons (Fsp3) is 1.00. The number of hydrazine groups is 2. The SMILES string of the molecule is CNN.C[CH2][Ga]([CH2]C)[N]=[N+]=[N-].C[CH2][Ga]([CH2]C)[N]=[N+]=[N-].NN. The maximum absolute atomic E-state index is 8.00. The molecule has 0 radical (unpaired) electrons. The zero-order valence-electron chi connectivity index (χ0n) is 13.9. The summed E-state index contributed by atoms with van der Waals surface area (Å²) < 4.78 is 7.46. The summed E-state index contributed by atoms with van der Waals surface area (Å²) >= 11 is -2.80. The summed E-state index contributed by atoms with van der Waals surface area (Å²) in [5, 5.41) is 0. The summed E-state index contributed by atoms with van der Waals surface area (Å²) in [7, 11) is 1.65. The molecule has 0 aromatic rings. The van der Waals surface area contributed by atoms with Crippen LogP contribution in [0.4, 0.5) is 0 Å². The minimum Gasteiger partial charge on any atom is -0.274 e. The van der Waals surface area contributed by atoms with Crippen molar-refractivity contribution in [3.8, 4) is 0 Å². The van der Waals surface area contributed by atoms with Crippen LogP contribution in [0.15, 0.2) is 7.64 Å². The van der Waals surface area contributed by atoms with Crippen molar-refractivity contribution in [2.45, 2.75) is 47.6 Å². The molecule has 7 N–H and O–H groups in total. The number of hydrogen-bond acceptors (Lipinski definition) is 6. The summed E-state index contributed by atoms with van der Waals surface area (Å²) in [5.41, 5.74) is 18.3. The van der Waals surface area contributed by atoms with Crippen LogP contribution in [0.2, 0.25) is 19.9 Å². The van der Waals surface area contributed by atoms with Gasteiger partial charge in [-0.15, -0.1) is 0 Å². The van der Waals surface area contributed by atoms with Crippen LogP contribution in [0, 0.1) is 0 Å². The Labute approximate surface area is 139 Å². The van der Waals surface area contributed by atoms with Crippen molar-refractivity contribution >= 4 is 32.9 Å².